The molecule has 0 radical (unpaired) electrons. The van der Waals surface area contributed by atoms with E-state index in [4.69, 9.17) is 15.2 Å². The van der Waals surface area contributed by atoms with Crippen LogP contribution in [0.2, 0.25) is 0 Å². The van der Waals surface area contributed by atoms with Crippen LogP contribution in [0.15, 0.2) is 12.1 Å². The summed E-state index contributed by atoms with van der Waals surface area (Å²) in [7, 11) is 5.35. The van der Waals surface area contributed by atoms with E-state index in [0.29, 0.717) is 0 Å². The number of nitrogens with two attached hydrogens (primary N) is 1. The number of primary amides is 1. The van der Waals surface area contributed by atoms with Gasteiger partial charge in [0.2, 0.25) is 5.91 Å². The van der Waals surface area contributed by atoms with E-state index < -0.39 is 0 Å². The summed E-state index contributed by atoms with van der Waals surface area (Å²) in [6.07, 6.45) is 3.64. The van der Waals surface area contributed by atoms with Gasteiger partial charge in [-0.05, 0) is 56.0 Å². The molecular formula is C17H26N2O3. The Morgan fingerprint density at radius 2 is 1.77 bits per heavy atom. The number of fused-ring (bicyclic) bond motifs is 1. The number of benzene rings is 1. The predicted octanol–water partition coefficient (Wildman–Crippen LogP) is 1.62. The average molecular weight is 306 g/mol. The Balaban J connectivity index is 2.26. The summed E-state index contributed by atoms with van der Waals surface area (Å²) in [4.78, 5) is 13.7. The smallest absolute Gasteiger partial charge is 0.221 e. The van der Waals surface area contributed by atoms with Crippen molar-refractivity contribution in [2.24, 2.45) is 11.7 Å². The van der Waals surface area contributed by atoms with Gasteiger partial charge in [0.25, 0.3) is 0 Å². The molecule has 1 aliphatic rings. The fourth-order valence-corrected chi connectivity index (χ4v) is 3.07. The first-order valence-corrected chi connectivity index (χ1v) is 7.76. The van der Waals surface area contributed by atoms with Gasteiger partial charge in [-0.1, -0.05) is 0 Å². The highest BCUT2D eigenvalue weighted by Gasteiger charge is 2.20. The fourth-order valence-electron chi connectivity index (χ4n) is 3.07. The summed E-state index contributed by atoms with van der Waals surface area (Å²) < 4.78 is 10.8. The van der Waals surface area contributed by atoms with E-state index in [-0.39, 0.29) is 11.8 Å². The summed E-state index contributed by atoms with van der Waals surface area (Å²) in [5.41, 5.74) is 8.08. The molecule has 1 aromatic rings. The van der Waals surface area contributed by atoms with Crippen LogP contribution in [0.25, 0.3) is 0 Å². The summed E-state index contributed by atoms with van der Waals surface area (Å²) >= 11 is 0. The maximum absolute atomic E-state index is 11.6. The van der Waals surface area contributed by atoms with Crippen molar-refractivity contribution in [2.45, 2.75) is 25.7 Å². The summed E-state index contributed by atoms with van der Waals surface area (Å²) in [6.45, 7) is 1.63. The molecule has 0 aliphatic carbocycles. The number of methoxy groups -OCH3 is 2. The van der Waals surface area contributed by atoms with E-state index in [1.54, 1.807) is 14.2 Å². The van der Waals surface area contributed by atoms with E-state index in [0.717, 1.165) is 50.3 Å². The zero-order chi connectivity index (χ0) is 16.1. The monoisotopic (exact) mass is 306 g/mol. The molecule has 1 heterocycles. The van der Waals surface area contributed by atoms with Gasteiger partial charge in [0.15, 0.2) is 11.5 Å². The second-order valence-electron chi connectivity index (χ2n) is 5.98. The maximum atomic E-state index is 11.6. The van der Waals surface area contributed by atoms with Gasteiger partial charge in [0, 0.05) is 13.1 Å². The zero-order valence-corrected chi connectivity index (χ0v) is 13.7. The summed E-state index contributed by atoms with van der Waals surface area (Å²) in [5, 5.41) is 0. The lowest BCUT2D eigenvalue weighted by Crippen LogP contribution is -2.35. The number of carbonyl (C=O) groups excluding carboxylic acids is 1. The molecule has 22 heavy (non-hydrogen) atoms. The molecule has 5 nitrogen and oxygen atoms in total. The SMILES string of the molecule is COc1cc2c(cc1OC)CCN(C)CC(C(N)=O)CCC2. The minimum atomic E-state index is -0.194. The van der Waals surface area contributed by atoms with Gasteiger partial charge in [-0.3, -0.25) is 4.79 Å². The van der Waals surface area contributed by atoms with Crippen molar-refractivity contribution >= 4 is 5.91 Å². The molecule has 1 aliphatic heterocycles. The molecule has 1 aromatic carbocycles. The number of carbonyl (C=O) groups is 1. The zero-order valence-electron chi connectivity index (χ0n) is 13.7. The number of amides is 1. The minimum absolute atomic E-state index is 0.0632. The Bertz CT molecular complexity index is 531. The standard InChI is InChI=1S/C17H26N2O3/c1-19-8-7-13-10-16(22-3)15(21-2)9-12(13)5-4-6-14(11-19)17(18)20/h9-10,14H,4-8,11H2,1-3H3,(H2,18,20). The highest BCUT2D eigenvalue weighted by molar-refractivity contribution is 5.76. The lowest BCUT2D eigenvalue weighted by molar-refractivity contribution is -0.122. The number of rotatable bonds is 3. The quantitative estimate of drug-likeness (QED) is 0.921. The van der Waals surface area contributed by atoms with Gasteiger partial charge in [0.1, 0.15) is 0 Å². The van der Waals surface area contributed by atoms with Crippen molar-refractivity contribution in [1.29, 1.82) is 0 Å². The van der Waals surface area contributed by atoms with E-state index in [1.807, 2.05) is 7.05 Å². The normalized spacial score (nSPS) is 20.0. The van der Waals surface area contributed by atoms with Crippen molar-refractivity contribution in [2.75, 3.05) is 34.4 Å². The lowest BCUT2D eigenvalue weighted by atomic mass is 9.93. The molecule has 1 amide bonds. The second kappa shape index (κ2) is 7.49. The molecule has 2 N–H and O–H groups in total. The average Bonchev–Trinajstić information content (AvgIpc) is 2.51. The molecular weight excluding hydrogens is 280 g/mol. The number of ether oxygens (including phenoxy) is 2. The maximum Gasteiger partial charge on any atom is 0.221 e. The third-order valence-corrected chi connectivity index (χ3v) is 4.40. The van der Waals surface area contributed by atoms with Crippen LogP contribution in [0.3, 0.4) is 0 Å². The van der Waals surface area contributed by atoms with Crippen LogP contribution in [0, 0.1) is 5.92 Å². The molecule has 0 fully saturated rings. The Morgan fingerprint density at radius 1 is 1.18 bits per heavy atom. The third kappa shape index (κ3) is 3.91. The lowest BCUT2D eigenvalue weighted by Gasteiger charge is -2.25. The Kier molecular flexibility index (Phi) is 5.66. The van der Waals surface area contributed by atoms with Gasteiger partial charge >= 0.3 is 0 Å². The van der Waals surface area contributed by atoms with E-state index in [1.165, 1.54) is 11.1 Å². The Hall–Kier alpha value is -1.75. The summed E-state index contributed by atoms with van der Waals surface area (Å²) in [5.74, 6) is 1.28. The van der Waals surface area contributed by atoms with Crippen molar-refractivity contribution in [3.05, 3.63) is 23.3 Å². The first-order valence-electron chi connectivity index (χ1n) is 7.76. The highest BCUT2D eigenvalue weighted by Crippen LogP contribution is 2.32. The van der Waals surface area contributed by atoms with Gasteiger partial charge in [-0.25, -0.2) is 0 Å². The van der Waals surface area contributed by atoms with E-state index >= 15 is 0 Å². The molecule has 5 heteroatoms. The molecule has 0 saturated heterocycles. The van der Waals surface area contributed by atoms with Crippen LogP contribution >= 0.6 is 0 Å². The van der Waals surface area contributed by atoms with Gasteiger partial charge in [-0.2, -0.15) is 0 Å². The topological polar surface area (TPSA) is 64.8 Å². The van der Waals surface area contributed by atoms with Crippen molar-refractivity contribution < 1.29 is 14.3 Å². The number of nitrogens with zero attached hydrogens (tertiary/aromatic N) is 1. The molecule has 1 atom stereocenters. The largest absolute Gasteiger partial charge is 0.493 e. The Labute approximate surface area is 132 Å². The highest BCUT2D eigenvalue weighted by atomic mass is 16.5. The molecule has 0 spiro atoms. The molecule has 2 rings (SSSR count). The third-order valence-electron chi connectivity index (χ3n) is 4.40. The molecule has 122 valence electrons. The van der Waals surface area contributed by atoms with E-state index in [2.05, 4.69) is 17.0 Å². The number of hydrogen-bond donors (Lipinski definition) is 1. The van der Waals surface area contributed by atoms with Crippen molar-refractivity contribution in [3.63, 3.8) is 0 Å². The number of likely N-dealkylation sites (N-methyl/N-ethyl adjacent to an activating group) is 1. The Morgan fingerprint density at radius 3 is 2.32 bits per heavy atom. The van der Waals surface area contributed by atoms with E-state index in [9.17, 15) is 4.79 Å². The van der Waals surface area contributed by atoms with Crippen LogP contribution < -0.4 is 15.2 Å². The van der Waals surface area contributed by atoms with Crippen LogP contribution in [-0.2, 0) is 17.6 Å². The number of hydrogen-bond acceptors (Lipinski definition) is 4. The second-order valence-corrected chi connectivity index (χ2v) is 5.98. The molecule has 0 saturated carbocycles. The predicted molar refractivity (Wildman–Crippen MR) is 86.4 cm³/mol. The summed E-state index contributed by atoms with van der Waals surface area (Å²) in [6, 6.07) is 4.14. The fraction of sp³-hybridized carbons (Fsp3) is 0.588. The first kappa shape index (κ1) is 16.6. The van der Waals surface area contributed by atoms with Crippen LogP contribution in [0.1, 0.15) is 24.0 Å². The van der Waals surface area contributed by atoms with Crippen LogP contribution in [0.5, 0.6) is 11.5 Å². The van der Waals surface area contributed by atoms with Crippen LogP contribution in [0.4, 0.5) is 0 Å². The number of aryl methyl sites for hydroxylation is 1. The van der Waals surface area contributed by atoms with Gasteiger partial charge in [0.05, 0.1) is 20.1 Å². The molecule has 1 unspecified atom stereocenters. The van der Waals surface area contributed by atoms with Crippen LogP contribution in [-0.4, -0.2) is 45.2 Å². The minimum Gasteiger partial charge on any atom is -0.493 e. The molecule has 0 aromatic heterocycles. The van der Waals surface area contributed by atoms with Gasteiger partial charge in [-0.15, -0.1) is 0 Å². The van der Waals surface area contributed by atoms with Crippen molar-refractivity contribution in [3.8, 4) is 11.5 Å². The van der Waals surface area contributed by atoms with Crippen molar-refractivity contribution in [1.82, 2.24) is 4.90 Å². The first-order chi connectivity index (χ1) is 10.5. The molecule has 0 bridgehead atoms. The van der Waals surface area contributed by atoms with Gasteiger partial charge < -0.3 is 20.1 Å².